The minimum atomic E-state index is -0.292. The van der Waals surface area contributed by atoms with Crippen LogP contribution in [0.1, 0.15) is 32.4 Å². The highest BCUT2D eigenvalue weighted by Gasteiger charge is 2.32. The molecule has 2 amide bonds. The van der Waals surface area contributed by atoms with Crippen LogP contribution < -0.4 is 10.2 Å². The summed E-state index contributed by atoms with van der Waals surface area (Å²) in [6.45, 7) is 2.77. The molecule has 10 heteroatoms. The molecule has 1 atom stereocenters. The summed E-state index contributed by atoms with van der Waals surface area (Å²) in [6, 6.07) is 15.4. The molecule has 0 saturated carbocycles. The predicted molar refractivity (Wildman–Crippen MR) is 142 cm³/mol. The van der Waals surface area contributed by atoms with Crippen molar-refractivity contribution in [2.24, 2.45) is 0 Å². The van der Waals surface area contributed by atoms with Crippen molar-refractivity contribution in [1.82, 2.24) is 20.4 Å². The molecule has 2 aromatic carbocycles. The second-order valence-electron chi connectivity index (χ2n) is 8.90. The van der Waals surface area contributed by atoms with E-state index in [9.17, 15) is 9.59 Å². The van der Waals surface area contributed by atoms with Crippen molar-refractivity contribution in [3.63, 3.8) is 0 Å². The molecule has 1 N–H and O–H groups in total. The second-order valence-corrected chi connectivity index (χ2v) is 10.4. The molecule has 1 aromatic heterocycles. The molecule has 36 heavy (non-hydrogen) atoms. The summed E-state index contributed by atoms with van der Waals surface area (Å²) < 4.78 is 5.12. The third-order valence-corrected chi connectivity index (χ3v) is 7.27. The van der Waals surface area contributed by atoms with Crippen LogP contribution in [-0.2, 0) is 28.9 Å². The van der Waals surface area contributed by atoms with Crippen LogP contribution in [0.3, 0.4) is 0 Å². The molecule has 8 nitrogen and oxygen atoms in total. The van der Waals surface area contributed by atoms with E-state index in [1.54, 1.807) is 12.0 Å². The van der Waals surface area contributed by atoms with Gasteiger partial charge in [-0.3, -0.25) is 14.5 Å². The van der Waals surface area contributed by atoms with E-state index in [0.717, 1.165) is 41.3 Å². The van der Waals surface area contributed by atoms with Gasteiger partial charge in [-0.2, -0.15) is 0 Å². The monoisotopic (exact) mass is 527 g/mol. The molecule has 190 valence electrons. The molecule has 3 aromatic rings. The number of hydrogen-bond acceptors (Lipinski definition) is 7. The highest BCUT2D eigenvalue weighted by atomic mass is 35.5. The number of carbonyl (C=O) groups is 2. The third-order valence-electron chi connectivity index (χ3n) is 6.04. The number of anilines is 1. The molecule has 0 aliphatic carbocycles. The number of likely N-dealkylation sites (N-methyl/N-ethyl adjacent to an activating group) is 1. The highest BCUT2D eigenvalue weighted by Crippen LogP contribution is 2.23. The minimum Gasteiger partial charge on any atom is -0.383 e. The third kappa shape index (κ3) is 7.10. The van der Waals surface area contributed by atoms with Crippen LogP contribution in [0.2, 0.25) is 5.02 Å². The number of aryl methyl sites for hydroxylation is 2. The van der Waals surface area contributed by atoms with Crippen molar-refractivity contribution >= 4 is 40.4 Å². The van der Waals surface area contributed by atoms with Crippen LogP contribution in [0, 0.1) is 0 Å². The molecule has 2 heterocycles. The lowest BCUT2D eigenvalue weighted by Gasteiger charge is -2.19. The van der Waals surface area contributed by atoms with Crippen molar-refractivity contribution in [1.29, 1.82) is 0 Å². The molecule has 1 aliphatic heterocycles. The van der Waals surface area contributed by atoms with Crippen molar-refractivity contribution in [3.8, 4) is 0 Å². The Hall–Kier alpha value is -2.85. The van der Waals surface area contributed by atoms with Gasteiger partial charge in [0.25, 0.3) is 5.91 Å². The smallest absolute Gasteiger partial charge is 0.282 e. The topological polar surface area (TPSA) is 87.7 Å². The van der Waals surface area contributed by atoms with Gasteiger partial charge in [-0.1, -0.05) is 47.2 Å². The van der Waals surface area contributed by atoms with Gasteiger partial charge in [0.05, 0.1) is 12.6 Å². The summed E-state index contributed by atoms with van der Waals surface area (Å²) in [4.78, 5) is 29.3. The first-order valence-corrected chi connectivity index (χ1v) is 13.0. The van der Waals surface area contributed by atoms with E-state index in [1.165, 1.54) is 11.3 Å². The van der Waals surface area contributed by atoms with Gasteiger partial charge in [-0.05, 0) is 48.9 Å². The van der Waals surface area contributed by atoms with Crippen LogP contribution >= 0.6 is 22.9 Å². The fraction of sp³-hybridized carbons (Fsp3) is 0.385. The lowest BCUT2D eigenvalue weighted by molar-refractivity contribution is -0.117. The lowest BCUT2D eigenvalue weighted by Crippen LogP contribution is -2.37. The number of rotatable bonds is 11. The summed E-state index contributed by atoms with van der Waals surface area (Å²) >= 11 is 7.22. The Morgan fingerprint density at radius 3 is 2.58 bits per heavy atom. The first-order valence-electron chi connectivity index (χ1n) is 11.9. The molecular formula is C26H30ClN5O3S. The highest BCUT2D eigenvalue weighted by molar-refractivity contribution is 7.13. The van der Waals surface area contributed by atoms with Gasteiger partial charge in [0.1, 0.15) is 5.01 Å². The number of nitrogens with zero attached hydrogens (tertiary/aromatic N) is 4. The Kier molecular flexibility index (Phi) is 9.03. The number of aromatic nitrogens is 2. The van der Waals surface area contributed by atoms with Crippen LogP contribution in [0.5, 0.6) is 0 Å². The Balaban J connectivity index is 1.28. The summed E-state index contributed by atoms with van der Waals surface area (Å²) in [7, 11) is 3.74. The maximum atomic E-state index is 12.7. The number of ether oxygens (including phenoxy) is 1. The van der Waals surface area contributed by atoms with Gasteiger partial charge < -0.3 is 15.0 Å². The quantitative estimate of drug-likeness (QED) is 0.410. The van der Waals surface area contributed by atoms with Gasteiger partial charge >= 0.3 is 0 Å². The maximum absolute atomic E-state index is 12.7. The zero-order valence-corrected chi connectivity index (χ0v) is 22.0. The Labute approximate surface area is 220 Å². The summed E-state index contributed by atoms with van der Waals surface area (Å²) in [6.07, 6.45) is 1.75. The first kappa shape index (κ1) is 26.2. The fourth-order valence-corrected chi connectivity index (χ4v) is 4.94. The number of methoxy groups -OCH3 is 1. The molecular weight excluding hydrogens is 498 g/mol. The number of carbonyl (C=O) groups excluding carboxylic acids is 2. The van der Waals surface area contributed by atoms with E-state index in [0.29, 0.717) is 29.6 Å². The number of amides is 2. The molecule has 1 fully saturated rings. The fourth-order valence-electron chi connectivity index (χ4n) is 4.07. The average Bonchev–Trinajstić information content (AvgIpc) is 3.49. The number of hydrogen-bond donors (Lipinski definition) is 1. The predicted octanol–water partition coefficient (Wildman–Crippen LogP) is 3.59. The SMILES string of the molecule is COCCN(C)Cc1ccc(N2CC(NC(=O)c3nnc(CCc4ccc(Cl)cc4)s3)CC2=O)cc1. The van der Waals surface area contributed by atoms with E-state index < -0.39 is 0 Å². The summed E-state index contributed by atoms with van der Waals surface area (Å²) in [5, 5.41) is 13.0. The summed E-state index contributed by atoms with van der Waals surface area (Å²) in [5.74, 6) is -0.300. The largest absolute Gasteiger partial charge is 0.383 e. The van der Waals surface area contributed by atoms with Crippen LogP contribution in [0.4, 0.5) is 5.69 Å². The number of halogens is 1. The number of benzene rings is 2. The van der Waals surface area contributed by atoms with E-state index in [4.69, 9.17) is 16.3 Å². The molecule has 1 unspecified atom stereocenters. The standard InChI is InChI=1S/C26H30ClN5O3S/c1-31(13-14-35-2)16-19-5-10-22(11-6-19)32-17-21(15-24(32)33)28-25(34)26-30-29-23(36-26)12-7-18-3-8-20(27)9-4-18/h3-6,8-11,21H,7,12-17H2,1-2H3,(H,28,34). The van der Waals surface area contributed by atoms with E-state index in [-0.39, 0.29) is 24.3 Å². The molecule has 1 saturated heterocycles. The second kappa shape index (κ2) is 12.4. The van der Waals surface area contributed by atoms with Gasteiger partial charge in [-0.15, -0.1) is 10.2 Å². The first-order chi connectivity index (χ1) is 17.4. The van der Waals surface area contributed by atoms with Crippen molar-refractivity contribution in [3.05, 3.63) is 74.7 Å². The lowest BCUT2D eigenvalue weighted by atomic mass is 10.1. The number of nitrogens with one attached hydrogen (secondary N) is 1. The van der Waals surface area contributed by atoms with Crippen molar-refractivity contribution in [2.45, 2.75) is 31.8 Å². The van der Waals surface area contributed by atoms with Crippen LogP contribution in [0.15, 0.2) is 48.5 Å². The zero-order valence-electron chi connectivity index (χ0n) is 20.4. The van der Waals surface area contributed by atoms with Crippen molar-refractivity contribution < 1.29 is 14.3 Å². The zero-order chi connectivity index (χ0) is 25.5. The molecule has 1 aliphatic rings. The van der Waals surface area contributed by atoms with E-state index in [1.807, 2.05) is 55.6 Å². The maximum Gasteiger partial charge on any atom is 0.282 e. The van der Waals surface area contributed by atoms with Crippen molar-refractivity contribution in [2.75, 3.05) is 38.8 Å². The minimum absolute atomic E-state index is 0.00817. The van der Waals surface area contributed by atoms with Gasteiger partial charge in [0.2, 0.25) is 10.9 Å². The van der Waals surface area contributed by atoms with E-state index >= 15 is 0 Å². The Morgan fingerprint density at radius 2 is 1.86 bits per heavy atom. The molecule has 0 bridgehead atoms. The normalized spacial score (nSPS) is 15.6. The molecule has 0 radical (unpaired) electrons. The Bertz CT molecular complexity index is 1170. The summed E-state index contributed by atoms with van der Waals surface area (Å²) in [5.41, 5.74) is 3.15. The Morgan fingerprint density at radius 1 is 1.14 bits per heavy atom. The van der Waals surface area contributed by atoms with Crippen LogP contribution in [-0.4, -0.2) is 66.8 Å². The van der Waals surface area contributed by atoms with Crippen LogP contribution in [0.25, 0.3) is 0 Å². The molecule has 0 spiro atoms. The van der Waals surface area contributed by atoms with Gasteiger partial charge in [0, 0.05) is 50.3 Å². The van der Waals surface area contributed by atoms with E-state index in [2.05, 4.69) is 20.4 Å². The average molecular weight is 528 g/mol. The van der Waals surface area contributed by atoms with Gasteiger partial charge in [-0.25, -0.2) is 0 Å². The molecule has 4 rings (SSSR count). The van der Waals surface area contributed by atoms with Gasteiger partial charge in [0.15, 0.2) is 0 Å².